The van der Waals surface area contributed by atoms with Gasteiger partial charge in [-0.2, -0.15) is 13.2 Å². The fraction of sp³-hybridized carbons (Fsp3) is 0.300. The number of nitrogens with zero attached hydrogens (tertiary/aromatic N) is 2. The molecule has 0 aliphatic rings. The number of aromatic nitrogens is 1. The van der Waals surface area contributed by atoms with Crippen LogP contribution in [0.4, 0.5) is 19.0 Å². The van der Waals surface area contributed by atoms with E-state index < -0.39 is 42.6 Å². The van der Waals surface area contributed by atoms with Crippen molar-refractivity contribution in [3.63, 3.8) is 0 Å². The minimum Gasteiger partial charge on any atom is -0.480 e. The number of hydrogen-bond donors (Lipinski definition) is 2. The first-order chi connectivity index (χ1) is 8.71. The third-order valence-electron chi connectivity index (χ3n) is 2.04. The van der Waals surface area contributed by atoms with Crippen LogP contribution >= 0.6 is 0 Å². The smallest absolute Gasteiger partial charge is 0.419 e. The van der Waals surface area contributed by atoms with Crippen LogP contribution in [0.25, 0.3) is 0 Å². The van der Waals surface area contributed by atoms with E-state index in [4.69, 9.17) is 10.2 Å². The SMILES string of the molecule is O=C(O)CN(CC(=O)O)c1ncccc1C(F)(F)F. The van der Waals surface area contributed by atoms with Gasteiger partial charge in [0.1, 0.15) is 18.9 Å². The molecule has 0 bridgehead atoms. The second kappa shape index (κ2) is 5.55. The lowest BCUT2D eigenvalue weighted by atomic mass is 10.2. The zero-order valence-corrected chi connectivity index (χ0v) is 9.39. The Morgan fingerprint density at radius 3 is 2.16 bits per heavy atom. The van der Waals surface area contributed by atoms with Crippen LogP contribution in [0.2, 0.25) is 0 Å². The first kappa shape index (κ1) is 14.7. The molecule has 0 saturated carbocycles. The number of carboxylic acids is 2. The van der Waals surface area contributed by atoms with Crippen LogP contribution in [0, 0.1) is 0 Å². The molecule has 0 aliphatic heterocycles. The second-order valence-corrected chi connectivity index (χ2v) is 3.52. The van der Waals surface area contributed by atoms with Gasteiger partial charge in [0.05, 0.1) is 5.56 Å². The Morgan fingerprint density at radius 2 is 1.74 bits per heavy atom. The lowest BCUT2D eigenvalue weighted by Crippen LogP contribution is -2.36. The summed E-state index contributed by atoms with van der Waals surface area (Å²) < 4.78 is 38.2. The second-order valence-electron chi connectivity index (χ2n) is 3.52. The summed E-state index contributed by atoms with van der Waals surface area (Å²) in [5.74, 6) is -3.64. The summed E-state index contributed by atoms with van der Waals surface area (Å²) in [6.07, 6.45) is -3.72. The highest BCUT2D eigenvalue weighted by molar-refractivity contribution is 5.79. The van der Waals surface area contributed by atoms with Gasteiger partial charge in [-0.25, -0.2) is 4.98 Å². The van der Waals surface area contributed by atoms with Crippen LogP contribution in [0.3, 0.4) is 0 Å². The first-order valence-electron chi connectivity index (χ1n) is 4.92. The summed E-state index contributed by atoms with van der Waals surface area (Å²) in [6, 6.07) is 1.74. The number of alkyl halides is 3. The van der Waals surface area contributed by atoms with Crippen molar-refractivity contribution in [1.82, 2.24) is 4.98 Å². The largest absolute Gasteiger partial charge is 0.480 e. The van der Waals surface area contributed by atoms with Gasteiger partial charge in [-0.15, -0.1) is 0 Å². The first-order valence-corrected chi connectivity index (χ1v) is 4.92. The number of anilines is 1. The summed E-state index contributed by atoms with van der Waals surface area (Å²) in [6.45, 7) is -1.79. The van der Waals surface area contributed by atoms with Gasteiger partial charge in [-0.1, -0.05) is 0 Å². The van der Waals surface area contributed by atoms with Crippen LogP contribution in [-0.4, -0.2) is 40.2 Å². The molecule has 0 spiro atoms. The lowest BCUT2D eigenvalue weighted by molar-refractivity contribution is -0.139. The van der Waals surface area contributed by atoms with E-state index in [-0.39, 0.29) is 0 Å². The number of aliphatic carboxylic acids is 2. The molecule has 1 rings (SSSR count). The Bertz CT molecular complexity index is 474. The van der Waals surface area contributed by atoms with E-state index >= 15 is 0 Å². The van der Waals surface area contributed by atoms with Gasteiger partial charge in [0.15, 0.2) is 0 Å². The molecule has 0 aliphatic carbocycles. The fourth-order valence-electron chi connectivity index (χ4n) is 1.40. The summed E-state index contributed by atoms with van der Waals surface area (Å²) >= 11 is 0. The predicted molar refractivity (Wildman–Crippen MR) is 56.7 cm³/mol. The topological polar surface area (TPSA) is 90.7 Å². The maximum absolute atomic E-state index is 12.7. The van der Waals surface area contributed by atoms with Crippen molar-refractivity contribution in [3.8, 4) is 0 Å². The van der Waals surface area contributed by atoms with Crippen LogP contribution in [-0.2, 0) is 15.8 Å². The molecule has 0 fully saturated rings. The molecule has 104 valence electrons. The predicted octanol–water partition coefficient (Wildman–Crippen LogP) is 1.08. The molecule has 1 heterocycles. The van der Waals surface area contributed by atoms with Gasteiger partial charge in [0.25, 0.3) is 0 Å². The molecule has 1 aromatic heterocycles. The normalized spacial score (nSPS) is 11.1. The average molecular weight is 278 g/mol. The molecule has 0 amide bonds. The molecule has 0 saturated heterocycles. The van der Waals surface area contributed by atoms with Gasteiger partial charge in [0.2, 0.25) is 0 Å². The van der Waals surface area contributed by atoms with E-state index in [2.05, 4.69) is 4.98 Å². The summed E-state index contributed by atoms with van der Waals surface area (Å²) in [7, 11) is 0. The highest BCUT2D eigenvalue weighted by Crippen LogP contribution is 2.34. The van der Waals surface area contributed by atoms with Crippen LogP contribution in [0.1, 0.15) is 5.56 Å². The molecule has 9 heteroatoms. The highest BCUT2D eigenvalue weighted by atomic mass is 19.4. The van der Waals surface area contributed by atoms with Crippen LogP contribution in [0.15, 0.2) is 18.3 Å². The highest BCUT2D eigenvalue weighted by Gasteiger charge is 2.36. The number of pyridine rings is 1. The summed E-state index contributed by atoms with van der Waals surface area (Å²) in [5.41, 5.74) is -1.18. The van der Waals surface area contributed by atoms with Crippen LogP contribution < -0.4 is 4.90 Å². The fourth-order valence-corrected chi connectivity index (χ4v) is 1.40. The van der Waals surface area contributed by atoms with Crippen molar-refractivity contribution in [2.75, 3.05) is 18.0 Å². The van der Waals surface area contributed by atoms with Crippen molar-refractivity contribution in [1.29, 1.82) is 0 Å². The molecule has 6 nitrogen and oxygen atoms in total. The van der Waals surface area contributed by atoms with Crippen molar-refractivity contribution in [3.05, 3.63) is 23.9 Å². The molecule has 19 heavy (non-hydrogen) atoms. The number of carbonyl (C=O) groups is 2. The van der Waals surface area contributed by atoms with E-state index in [0.29, 0.717) is 11.0 Å². The monoisotopic (exact) mass is 278 g/mol. The lowest BCUT2D eigenvalue weighted by Gasteiger charge is -2.22. The summed E-state index contributed by atoms with van der Waals surface area (Å²) in [5, 5.41) is 17.2. The van der Waals surface area contributed by atoms with E-state index in [9.17, 15) is 22.8 Å². The maximum Gasteiger partial charge on any atom is 0.419 e. The van der Waals surface area contributed by atoms with Gasteiger partial charge in [0, 0.05) is 6.20 Å². The molecule has 2 N–H and O–H groups in total. The Hall–Kier alpha value is -2.32. The molecular formula is C10H9F3N2O4. The quantitative estimate of drug-likeness (QED) is 0.837. The molecule has 0 radical (unpaired) electrons. The van der Waals surface area contributed by atoms with Gasteiger partial charge >= 0.3 is 18.1 Å². The third-order valence-corrected chi connectivity index (χ3v) is 2.04. The van der Waals surface area contributed by atoms with E-state index in [1.165, 1.54) is 0 Å². The minimum absolute atomic E-state index is 0.535. The third kappa shape index (κ3) is 4.12. The average Bonchev–Trinajstić information content (AvgIpc) is 2.25. The Kier molecular flexibility index (Phi) is 4.30. The number of halogens is 3. The number of rotatable bonds is 5. The molecule has 0 atom stereocenters. The van der Waals surface area contributed by atoms with Crippen molar-refractivity contribution >= 4 is 17.8 Å². The number of carboxylic acid groups (broad SMARTS) is 2. The molecule has 0 aromatic carbocycles. The van der Waals surface area contributed by atoms with Crippen LogP contribution in [0.5, 0.6) is 0 Å². The van der Waals surface area contributed by atoms with Gasteiger partial charge in [-0.05, 0) is 12.1 Å². The molecular weight excluding hydrogens is 269 g/mol. The Balaban J connectivity index is 3.21. The van der Waals surface area contributed by atoms with Gasteiger partial charge in [-0.3, -0.25) is 9.59 Å². The van der Waals surface area contributed by atoms with E-state index in [0.717, 1.165) is 12.3 Å². The molecule has 0 unspecified atom stereocenters. The Morgan fingerprint density at radius 1 is 1.21 bits per heavy atom. The number of hydrogen-bond acceptors (Lipinski definition) is 4. The maximum atomic E-state index is 12.7. The van der Waals surface area contributed by atoms with Gasteiger partial charge < -0.3 is 15.1 Å². The van der Waals surface area contributed by atoms with E-state index in [1.54, 1.807) is 0 Å². The standard InChI is InChI=1S/C10H9F3N2O4/c11-10(12,13)6-2-1-3-14-9(6)15(4-7(16)17)5-8(18)19/h1-3H,4-5H2,(H,16,17)(H,18,19). The zero-order valence-electron chi connectivity index (χ0n) is 9.39. The summed E-state index contributed by atoms with van der Waals surface area (Å²) in [4.78, 5) is 25.1. The van der Waals surface area contributed by atoms with E-state index in [1.807, 2.05) is 0 Å². The Labute approximate surface area is 105 Å². The van der Waals surface area contributed by atoms with Crippen molar-refractivity contribution < 1.29 is 33.0 Å². The van der Waals surface area contributed by atoms with Crippen molar-refractivity contribution in [2.24, 2.45) is 0 Å². The zero-order chi connectivity index (χ0) is 14.6. The molecule has 1 aromatic rings. The minimum atomic E-state index is -4.75. The van der Waals surface area contributed by atoms with Crippen molar-refractivity contribution in [2.45, 2.75) is 6.18 Å².